The number of carbonyl (C=O) groups is 1. The summed E-state index contributed by atoms with van der Waals surface area (Å²) in [4.78, 5) is 20.1. The summed E-state index contributed by atoms with van der Waals surface area (Å²) in [5.41, 5.74) is 1.27. The molecule has 2 aromatic rings. The van der Waals surface area contributed by atoms with Gasteiger partial charge in [-0.05, 0) is 62.9 Å². The van der Waals surface area contributed by atoms with Gasteiger partial charge in [0, 0.05) is 43.2 Å². The predicted octanol–water partition coefficient (Wildman–Crippen LogP) is 5.72. The average molecular weight is 552 g/mol. The maximum atomic E-state index is 13.1. The Kier molecular flexibility index (Phi) is 15.5. The van der Waals surface area contributed by atoms with Gasteiger partial charge in [-0.1, -0.05) is 51.5 Å². The minimum Gasteiger partial charge on any atom is -0.497 e. The van der Waals surface area contributed by atoms with E-state index in [1.165, 1.54) is 25.9 Å². The number of nitrogens with zero attached hydrogens (tertiary/aromatic N) is 2. The summed E-state index contributed by atoms with van der Waals surface area (Å²) in [6, 6.07) is 11.7. The van der Waals surface area contributed by atoms with Crippen molar-refractivity contribution < 1.29 is 14.3 Å². The molecule has 4 rings (SSSR count). The van der Waals surface area contributed by atoms with E-state index in [2.05, 4.69) is 27.8 Å². The van der Waals surface area contributed by atoms with Gasteiger partial charge in [0.15, 0.2) is 0 Å². The number of hydrogen-bond donors (Lipinski definition) is 3. The van der Waals surface area contributed by atoms with Crippen LogP contribution in [0.2, 0.25) is 0 Å². The summed E-state index contributed by atoms with van der Waals surface area (Å²) in [6.07, 6.45) is 8.49. The van der Waals surface area contributed by atoms with Gasteiger partial charge in [-0.15, -0.1) is 0 Å². The van der Waals surface area contributed by atoms with Crippen molar-refractivity contribution in [2.24, 2.45) is 4.99 Å². The number of piperazine rings is 1. The summed E-state index contributed by atoms with van der Waals surface area (Å²) in [6.45, 7) is 13.8. The minimum atomic E-state index is -0.187. The first kappa shape index (κ1) is 32.8. The van der Waals surface area contributed by atoms with Crippen LogP contribution < -0.4 is 20.7 Å². The number of amidine groups is 1. The molecule has 0 spiro atoms. The molecule has 1 amide bonds. The second-order valence-corrected chi connectivity index (χ2v) is 9.38. The lowest BCUT2D eigenvalue weighted by Gasteiger charge is -2.29. The van der Waals surface area contributed by atoms with Gasteiger partial charge < -0.3 is 30.3 Å². The average Bonchev–Trinajstić information content (AvgIpc) is 3.60. The molecule has 2 saturated heterocycles. The SMILES string of the molecule is C1CCNC1.CC.CCC/C=C(/N=C(\C=C(/C)C(=O)Nc1cc(OC)cc2ccccc12)N1CCNCC1)OC. The maximum Gasteiger partial charge on any atom is 0.251 e. The summed E-state index contributed by atoms with van der Waals surface area (Å²) in [5.74, 6) is 1.80. The van der Waals surface area contributed by atoms with Gasteiger partial charge in [0.2, 0.25) is 5.88 Å². The van der Waals surface area contributed by atoms with Crippen molar-refractivity contribution >= 4 is 28.2 Å². The van der Waals surface area contributed by atoms with E-state index >= 15 is 0 Å². The number of anilines is 1. The first-order valence-corrected chi connectivity index (χ1v) is 14.6. The van der Waals surface area contributed by atoms with Crippen molar-refractivity contribution in [3.05, 3.63) is 60.0 Å². The molecule has 2 aliphatic rings. The van der Waals surface area contributed by atoms with Crippen LogP contribution in [0.15, 0.2) is 65.0 Å². The van der Waals surface area contributed by atoms with Gasteiger partial charge in [-0.2, -0.15) is 4.99 Å². The topological polar surface area (TPSA) is 87.2 Å². The molecule has 0 radical (unpaired) electrons. The Labute approximate surface area is 240 Å². The zero-order valence-electron chi connectivity index (χ0n) is 25.3. The van der Waals surface area contributed by atoms with Crippen LogP contribution in [0, 0.1) is 0 Å². The van der Waals surface area contributed by atoms with Crippen LogP contribution in [0.4, 0.5) is 5.69 Å². The third-order valence-corrected chi connectivity index (χ3v) is 6.46. The number of nitrogens with one attached hydrogen (secondary N) is 3. The summed E-state index contributed by atoms with van der Waals surface area (Å²) < 4.78 is 10.9. The van der Waals surface area contributed by atoms with Crippen molar-refractivity contribution in [3.63, 3.8) is 0 Å². The second kappa shape index (κ2) is 18.8. The van der Waals surface area contributed by atoms with Crippen molar-refractivity contribution in [1.82, 2.24) is 15.5 Å². The normalized spacial score (nSPS) is 15.9. The molecule has 220 valence electrons. The van der Waals surface area contributed by atoms with Crippen molar-refractivity contribution in [2.45, 2.75) is 53.4 Å². The smallest absolute Gasteiger partial charge is 0.251 e. The molecule has 40 heavy (non-hydrogen) atoms. The summed E-state index contributed by atoms with van der Waals surface area (Å²) in [7, 11) is 3.24. The number of unbranched alkanes of at least 4 members (excludes halogenated alkanes) is 1. The zero-order chi connectivity index (χ0) is 29.2. The Morgan fingerprint density at radius 3 is 2.33 bits per heavy atom. The number of hydrogen-bond acceptors (Lipinski definition) is 6. The molecule has 2 fully saturated rings. The van der Waals surface area contributed by atoms with E-state index < -0.39 is 0 Å². The molecule has 2 aromatic carbocycles. The highest BCUT2D eigenvalue weighted by atomic mass is 16.5. The Morgan fingerprint density at radius 1 is 1.05 bits per heavy atom. The molecular weight excluding hydrogens is 502 g/mol. The molecule has 0 aromatic heterocycles. The van der Waals surface area contributed by atoms with Gasteiger partial charge in [-0.25, -0.2) is 0 Å². The number of benzene rings is 2. The van der Waals surface area contributed by atoms with Crippen LogP contribution >= 0.6 is 0 Å². The number of ether oxygens (including phenoxy) is 2. The number of carbonyl (C=O) groups excluding carboxylic acids is 1. The molecule has 0 aliphatic carbocycles. The molecule has 0 atom stereocenters. The van der Waals surface area contributed by atoms with Crippen molar-refractivity contribution in [3.8, 4) is 5.75 Å². The number of allylic oxidation sites excluding steroid dienone is 1. The lowest BCUT2D eigenvalue weighted by molar-refractivity contribution is -0.112. The maximum absolute atomic E-state index is 13.1. The highest BCUT2D eigenvalue weighted by molar-refractivity contribution is 6.11. The number of rotatable bonds is 8. The number of methoxy groups -OCH3 is 2. The fraction of sp³-hybridized carbons (Fsp3) is 0.500. The van der Waals surface area contributed by atoms with Gasteiger partial charge in [0.1, 0.15) is 11.6 Å². The number of fused-ring (bicyclic) bond motifs is 1. The van der Waals surface area contributed by atoms with E-state index in [1.54, 1.807) is 21.1 Å². The van der Waals surface area contributed by atoms with Crippen LogP contribution in [-0.2, 0) is 9.53 Å². The van der Waals surface area contributed by atoms with Gasteiger partial charge in [-0.3, -0.25) is 4.79 Å². The molecule has 0 saturated carbocycles. The highest BCUT2D eigenvalue weighted by Gasteiger charge is 2.16. The molecule has 2 aliphatic heterocycles. The molecule has 0 unspecified atom stereocenters. The molecule has 8 heteroatoms. The standard InChI is InChI=1S/C26H34N4O3.C4H9N.C2H6/c1-5-6-11-25(33-4)29-24(30-14-12-27-13-15-30)16-19(2)26(31)28-23-18-21(32-3)17-20-9-7-8-10-22(20)23;1-2-4-5-3-1;1-2/h7-11,16-18,27H,5-6,12-15H2,1-4H3,(H,28,31);5H,1-4H2;1-2H3/b19-16+,25-11-,29-24+;;. The van der Waals surface area contributed by atoms with Crippen LogP contribution in [0.3, 0.4) is 0 Å². The fourth-order valence-electron chi connectivity index (χ4n) is 4.25. The molecule has 2 heterocycles. The van der Waals surface area contributed by atoms with Gasteiger partial charge in [0.25, 0.3) is 5.91 Å². The molecule has 3 N–H and O–H groups in total. The molecular formula is C32H49N5O3. The Hall–Kier alpha value is -3.36. The Morgan fingerprint density at radius 2 is 1.73 bits per heavy atom. The zero-order valence-corrected chi connectivity index (χ0v) is 25.3. The third kappa shape index (κ3) is 10.7. The van der Waals surface area contributed by atoms with E-state index in [1.807, 2.05) is 62.4 Å². The van der Waals surface area contributed by atoms with Crippen LogP contribution in [0.25, 0.3) is 10.8 Å². The fourth-order valence-corrected chi connectivity index (χ4v) is 4.25. The second-order valence-electron chi connectivity index (χ2n) is 9.38. The monoisotopic (exact) mass is 551 g/mol. The first-order valence-electron chi connectivity index (χ1n) is 14.6. The summed E-state index contributed by atoms with van der Waals surface area (Å²) >= 11 is 0. The Balaban J connectivity index is 0.000000706. The van der Waals surface area contributed by atoms with Crippen molar-refractivity contribution in [2.75, 3.05) is 58.8 Å². The van der Waals surface area contributed by atoms with Gasteiger partial charge >= 0.3 is 0 Å². The Bertz CT molecular complexity index is 1120. The molecule has 8 nitrogen and oxygen atoms in total. The largest absolute Gasteiger partial charge is 0.497 e. The number of aliphatic imine (C=N–C) groups is 1. The quantitative estimate of drug-likeness (QED) is 0.168. The van der Waals surface area contributed by atoms with Crippen LogP contribution in [0.1, 0.15) is 53.4 Å². The van der Waals surface area contributed by atoms with E-state index in [0.717, 1.165) is 55.6 Å². The van der Waals surface area contributed by atoms with E-state index in [9.17, 15) is 4.79 Å². The number of amides is 1. The minimum absolute atomic E-state index is 0.187. The van der Waals surface area contributed by atoms with Crippen LogP contribution in [-0.4, -0.2) is 70.1 Å². The molecule has 0 bridgehead atoms. The van der Waals surface area contributed by atoms with E-state index in [-0.39, 0.29) is 5.91 Å². The third-order valence-electron chi connectivity index (χ3n) is 6.46. The predicted molar refractivity (Wildman–Crippen MR) is 168 cm³/mol. The lowest BCUT2D eigenvalue weighted by atomic mass is 10.1. The van der Waals surface area contributed by atoms with E-state index in [4.69, 9.17) is 14.5 Å². The van der Waals surface area contributed by atoms with E-state index in [0.29, 0.717) is 22.9 Å². The van der Waals surface area contributed by atoms with Crippen LogP contribution in [0.5, 0.6) is 5.75 Å². The van der Waals surface area contributed by atoms with Crippen molar-refractivity contribution in [1.29, 1.82) is 0 Å². The lowest BCUT2D eigenvalue weighted by Crippen LogP contribution is -2.46. The summed E-state index contributed by atoms with van der Waals surface area (Å²) in [5, 5.41) is 11.6. The van der Waals surface area contributed by atoms with Gasteiger partial charge in [0.05, 0.1) is 19.9 Å². The first-order chi connectivity index (χ1) is 19.5. The highest BCUT2D eigenvalue weighted by Crippen LogP contribution is 2.29.